The van der Waals surface area contributed by atoms with E-state index in [1.54, 1.807) is 12.1 Å². The van der Waals surface area contributed by atoms with Gasteiger partial charge < -0.3 is 20.5 Å². The van der Waals surface area contributed by atoms with E-state index in [1.807, 2.05) is 0 Å². The van der Waals surface area contributed by atoms with E-state index < -0.39 is 0 Å². The molecular weight excluding hydrogens is 208 g/mol. The first-order valence-corrected chi connectivity index (χ1v) is 5.17. The zero-order valence-corrected chi connectivity index (χ0v) is 8.77. The van der Waals surface area contributed by atoms with Gasteiger partial charge in [-0.2, -0.15) is 0 Å². The number of benzene rings is 1. The molecule has 1 aromatic carbocycles. The number of carbonyl (C=O) groups is 1. The van der Waals surface area contributed by atoms with E-state index in [0.717, 1.165) is 0 Å². The number of phenols is 1. The van der Waals surface area contributed by atoms with Crippen molar-refractivity contribution in [2.75, 3.05) is 25.1 Å². The van der Waals surface area contributed by atoms with E-state index >= 15 is 0 Å². The highest BCUT2D eigenvalue weighted by atomic mass is 16.5. The summed E-state index contributed by atoms with van der Waals surface area (Å²) in [5.41, 5.74) is 0.662. The molecule has 1 atom stereocenters. The summed E-state index contributed by atoms with van der Waals surface area (Å²) < 4.78 is 5.20. The van der Waals surface area contributed by atoms with Crippen molar-refractivity contribution in [1.29, 1.82) is 0 Å². The van der Waals surface area contributed by atoms with Crippen molar-refractivity contribution < 1.29 is 14.6 Å². The summed E-state index contributed by atoms with van der Waals surface area (Å²) >= 11 is 0. The Bertz CT molecular complexity index is 358. The third-order valence-electron chi connectivity index (χ3n) is 2.37. The van der Waals surface area contributed by atoms with Crippen LogP contribution in [-0.4, -0.2) is 36.8 Å². The molecule has 1 heterocycles. The number of aromatic hydroxyl groups is 1. The Morgan fingerprint density at radius 3 is 2.81 bits per heavy atom. The maximum atomic E-state index is 11.7. The van der Waals surface area contributed by atoms with Gasteiger partial charge in [-0.05, 0) is 24.3 Å². The van der Waals surface area contributed by atoms with E-state index in [0.29, 0.717) is 25.4 Å². The van der Waals surface area contributed by atoms with Crippen molar-refractivity contribution in [3.63, 3.8) is 0 Å². The van der Waals surface area contributed by atoms with Gasteiger partial charge in [0.05, 0.1) is 13.2 Å². The summed E-state index contributed by atoms with van der Waals surface area (Å²) in [4.78, 5) is 11.7. The minimum atomic E-state index is -0.303. The quantitative estimate of drug-likeness (QED) is 0.630. The SMILES string of the molecule is O=C(Nc1ccc(O)cc1)[C@@H]1COCCN1. The highest BCUT2D eigenvalue weighted by Gasteiger charge is 2.20. The molecule has 1 aromatic rings. The van der Waals surface area contributed by atoms with Crippen LogP contribution in [0.4, 0.5) is 5.69 Å². The molecule has 3 N–H and O–H groups in total. The van der Waals surface area contributed by atoms with Gasteiger partial charge in [0, 0.05) is 12.2 Å². The topological polar surface area (TPSA) is 70.6 Å². The Labute approximate surface area is 93.4 Å². The number of carbonyl (C=O) groups excluding carboxylic acids is 1. The zero-order valence-electron chi connectivity index (χ0n) is 8.77. The lowest BCUT2D eigenvalue weighted by Crippen LogP contribution is -2.48. The van der Waals surface area contributed by atoms with Crippen molar-refractivity contribution in [2.45, 2.75) is 6.04 Å². The third kappa shape index (κ3) is 2.71. The summed E-state index contributed by atoms with van der Waals surface area (Å²) in [6, 6.07) is 6.05. The molecule has 1 fully saturated rings. The van der Waals surface area contributed by atoms with Gasteiger partial charge >= 0.3 is 0 Å². The van der Waals surface area contributed by atoms with E-state index in [2.05, 4.69) is 10.6 Å². The Kier molecular flexibility index (Phi) is 3.38. The minimum absolute atomic E-state index is 0.120. The molecule has 1 amide bonds. The largest absolute Gasteiger partial charge is 0.508 e. The molecule has 0 saturated carbocycles. The van der Waals surface area contributed by atoms with Crippen LogP contribution in [0.5, 0.6) is 5.75 Å². The number of nitrogens with one attached hydrogen (secondary N) is 2. The van der Waals surface area contributed by atoms with Gasteiger partial charge in [-0.15, -0.1) is 0 Å². The molecule has 0 bridgehead atoms. The summed E-state index contributed by atoms with van der Waals surface area (Å²) in [5, 5.41) is 14.9. The Morgan fingerprint density at radius 2 is 2.19 bits per heavy atom. The van der Waals surface area contributed by atoms with Crippen molar-refractivity contribution >= 4 is 11.6 Å². The van der Waals surface area contributed by atoms with Gasteiger partial charge in [-0.25, -0.2) is 0 Å². The number of hydrogen-bond acceptors (Lipinski definition) is 4. The lowest BCUT2D eigenvalue weighted by Gasteiger charge is -2.22. The minimum Gasteiger partial charge on any atom is -0.508 e. The summed E-state index contributed by atoms with van der Waals surface area (Å²) in [6.45, 7) is 1.72. The van der Waals surface area contributed by atoms with Gasteiger partial charge in [0.1, 0.15) is 11.8 Å². The van der Waals surface area contributed by atoms with Crippen LogP contribution in [0.3, 0.4) is 0 Å². The molecular formula is C11H14N2O3. The zero-order chi connectivity index (χ0) is 11.4. The number of anilines is 1. The lowest BCUT2D eigenvalue weighted by molar-refractivity contribution is -0.120. The number of phenolic OH excluding ortho intramolecular Hbond substituents is 1. The first-order chi connectivity index (χ1) is 7.75. The van der Waals surface area contributed by atoms with E-state index in [4.69, 9.17) is 9.84 Å². The second-order valence-corrected chi connectivity index (χ2v) is 3.62. The molecule has 0 radical (unpaired) electrons. The average Bonchev–Trinajstić information content (AvgIpc) is 2.33. The molecule has 1 aliphatic rings. The van der Waals surface area contributed by atoms with Crippen LogP contribution in [0, 0.1) is 0 Å². The maximum Gasteiger partial charge on any atom is 0.243 e. The number of rotatable bonds is 2. The molecule has 0 aliphatic carbocycles. The standard InChI is InChI=1S/C11H14N2O3/c14-9-3-1-8(2-4-9)13-11(15)10-7-16-6-5-12-10/h1-4,10,12,14H,5-7H2,(H,13,15)/t10-/m0/s1. The van der Waals surface area contributed by atoms with E-state index in [1.165, 1.54) is 12.1 Å². The number of morpholine rings is 1. The molecule has 1 aliphatic heterocycles. The predicted octanol–water partition coefficient (Wildman–Crippen LogP) is 0.319. The molecule has 16 heavy (non-hydrogen) atoms. The number of hydrogen-bond donors (Lipinski definition) is 3. The van der Waals surface area contributed by atoms with Crippen molar-refractivity contribution in [3.8, 4) is 5.75 Å². The average molecular weight is 222 g/mol. The first-order valence-electron chi connectivity index (χ1n) is 5.17. The first kappa shape index (κ1) is 10.9. The molecule has 5 nitrogen and oxygen atoms in total. The van der Waals surface area contributed by atoms with Gasteiger partial charge in [0.25, 0.3) is 0 Å². The van der Waals surface area contributed by atoms with Gasteiger partial charge in [0.15, 0.2) is 0 Å². The van der Waals surface area contributed by atoms with Crippen LogP contribution in [-0.2, 0) is 9.53 Å². The van der Waals surface area contributed by atoms with Crippen LogP contribution < -0.4 is 10.6 Å². The van der Waals surface area contributed by atoms with Crippen LogP contribution in [0.25, 0.3) is 0 Å². The molecule has 0 spiro atoms. The van der Waals surface area contributed by atoms with Crippen molar-refractivity contribution in [2.24, 2.45) is 0 Å². The van der Waals surface area contributed by atoms with Crippen LogP contribution in [0.2, 0.25) is 0 Å². The van der Waals surface area contributed by atoms with Crippen molar-refractivity contribution in [3.05, 3.63) is 24.3 Å². The van der Waals surface area contributed by atoms with Crippen molar-refractivity contribution in [1.82, 2.24) is 5.32 Å². The fraction of sp³-hybridized carbons (Fsp3) is 0.364. The summed E-state index contributed by atoms with van der Waals surface area (Å²) in [5.74, 6) is 0.0579. The normalized spacial score (nSPS) is 20.4. The smallest absolute Gasteiger partial charge is 0.243 e. The second kappa shape index (κ2) is 4.96. The Balaban J connectivity index is 1.93. The molecule has 86 valence electrons. The summed E-state index contributed by atoms with van der Waals surface area (Å²) in [6.07, 6.45) is 0. The highest BCUT2D eigenvalue weighted by molar-refractivity contribution is 5.95. The Morgan fingerprint density at radius 1 is 1.44 bits per heavy atom. The number of amides is 1. The number of ether oxygens (including phenoxy) is 1. The molecule has 5 heteroatoms. The van der Waals surface area contributed by atoms with Crippen LogP contribution >= 0.6 is 0 Å². The Hall–Kier alpha value is -1.59. The predicted molar refractivity (Wildman–Crippen MR) is 59.3 cm³/mol. The van der Waals surface area contributed by atoms with Gasteiger partial charge in [-0.1, -0.05) is 0 Å². The second-order valence-electron chi connectivity index (χ2n) is 3.62. The lowest BCUT2D eigenvalue weighted by atomic mass is 10.2. The van der Waals surface area contributed by atoms with Gasteiger partial charge in [0.2, 0.25) is 5.91 Å². The highest BCUT2D eigenvalue weighted by Crippen LogP contribution is 2.13. The fourth-order valence-electron chi connectivity index (χ4n) is 1.51. The summed E-state index contributed by atoms with van der Waals surface area (Å²) in [7, 11) is 0. The third-order valence-corrected chi connectivity index (χ3v) is 2.37. The molecule has 2 rings (SSSR count). The van der Waals surface area contributed by atoms with Gasteiger partial charge in [-0.3, -0.25) is 4.79 Å². The molecule has 0 unspecified atom stereocenters. The molecule has 1 saturated heterocycles. The van der Waals surface area contributed by atoms with E-state index in [9.17, 15) is 4.79 Å². The maximum absolute atomic E-state index is 11.7. The fourth-order valence-corrected chi connectivity index (χ4v) is 1.51. The van der Waals surface area contributed by atoms with Crippen LogP contribution in [0.1, 0.15) is 0 Å². The molecule has 0 aromatic heterocycles. The van der Waals surface area contributed by atoms with Crippen LogP contribution in [0.15, 0.2) is 24.3 Å². The monoisotopic (exact) mass is 222 g/mol. The van der Waals surface area contributed by atoms with E-state index in [-0.39, 0.29) is 17.7 Å².